The molecule has 106 valence electrons. The van der Waals surface area contributed by atoms with Crippen molar-refractivity contribution in [3.05, 3.63) is 33.2 Å². The molecule has 2 amide bonds. The predicted octanol–water partition coefficient (Wildman–Crippen LogP) is 2.69. The number of piperidine rings is 1. The highest BCUT2D eigenvalue weighted by molar-refractivity contribution is 7.09. The van der Waals surface area contributed by atoms with Crippen LogP contribution in [0.4, 0.5) is 4.79 Å². The van der Waals surface area contributed by atoms with E-state index in [1.54, 1.807) is 28.9 Å². The molecule has 0 aromatic carbocycles. The lowest BCUT2D eigenvalue weighted by Gasteiger charge is -2.31. The molecule has 0 saturated carbocycles. The quantitative estimate of drug-likeness (QED) is 0.948. The summed E-state index contributed by atoms with van der Waals surface area (Å²) in [7, 11) is 0. The summed E-state index contributed by atoms with van der Waals surface area (Å²) in [5.41, 5.74) is 0. The van der Waals surface area contributed by atoms with Crippen LogP contribution >= 0.6 is 22.7 Å². The van der Waals surface area contributed by atoms with Crippen molar-refractivity contribution in [1.29, 1.82) is 0 Å². The largest absolute Gasteiger partial charge is 0.331 e. The predicted molar refractivity (Wildman–Crippen MR) is 80.0 cm³/mol. The Labute approximate surface area is 125 Å². The van der Waals surface area contributed by atoms with Gasteiger partial charge in [0.1, 0.15) is 5.01 Å². The molecule has 0 spiro atoms. The minimum absolute atomic E-state index is 0.0118. The molecule has 7 heteroatoms. The Kier molecular flexibility index (Phi) is 4.27. The van der Waals surface area contributed by atoms with E-state index < -0.39 is 0 Å². The van der Waals surface area contributed by atoms with Crippen LogP contribution in [0.15, 0.2) is 23.2 Å². The van der Waals surface area contributed by atoms with Crippen LogP contribution < -0.4 is 5.32 Å². The molecule has 2 aromatic heterocycles. The number of urea groups is 1. The summed E-state index contributed by atoms with van der Waals surface area (Å²) in [6, 6.07) is 0.0118. The van der Waals surface area contributed by atoms with Crippen molar-refractivity contribution in [3.8, 4) is 0 Å². The van der Waals surface area contributed by atoms with Crippen molar-refractivity contribution in [2.45, 2.75) is 25.3 Å². The topological polar surface area (TPSA) is 58.1 Å². The van der Waals surface area contributed by atoms with E-state index in [-0.39, 0.29) is 6.03 Å². The third-order valence-corrected chi connectivity index (χ3v) is 5.17. The summed E-state index contributed by atoms with van der Waals surface area (Å²) in [5.74, 6) is 0.512. The molecule has 1 aliphatic rings. The Hall–Kier alpha value is -1.47. The Morgan fingerprint density at radius 1 is 1.25 bits per heavy atom. The molecule has 20 heavy (non-hydrogen) atoms. The standard InChI is InChI=1S/C13H16N4OS2/c18-13(16-9-11-14-3-7-19-11)17-5-1-10(2-6-17)12-15-4-8-20-12/h3-4,7-8,10H,1-2,5-6,9H2,(H,16,18). The Morgan fingerprint density at radius 2 is 2.00 bits per heavy atom. The van der Waals surface area contributed by atoms with E-state index in [2.05, 4.69) is 15.3 Å². The van der Waals surface area contributed by atoms with Gasteiger partial charge in [-0.25, -0.2) is 14.8 Å². The number of rotatable bonds is 3. The molecular weight excluding hydrogens is 292 g/mol. The van der Waals surface area contributed by atoms with Crippen LogP contribution in [-0.2, 0) is 6.54 Å². The highest BCUT2D eigenvalue weighted by Crippen LogP contribution is 2.29. The fourth-order valence-corrected chi connectivity index (χ4v) is 3.74. The fraction of sp³-hybridized carbons (Fsp3) is 0.462. The number of aromatic nitrogens is 2. The number of nitrogens with zero attached hydrogens (tertiary/aromatic N) is 3. The highest BCUT2D eigenvalue weighted by atomic mass is 32.1. The van der Waals surface area contributed by atoms with E-state index >= 15 is 0 Å². The molecular formula is C13H16N4OS2. The average Bonchev–Trinajstić information content (AvgIpc) is 3.18. The molecule has 5 nitrogen and oxygen atoms in total. The van der Waals surface area contributed by atoms with Gasteiger partial charge in [-0.3, -0.25) is 0 Å². The van der Waals surface area contributed by atoms with Crippen LogP contribution in [0.5, 0.6) is 0 Å². The van der Waals surface area contributed by atoms with Gasteiger partial charge in [0.05, 0.1) is 11.6 Å². The van der Waals surface area contributed by atoms with Crippen LogP contribution in [0.1, 0.15) is 28.8 Å². The molecule has 3 rings (SSSR count). The van der Waals surface area contributed by atoms with Gasteiger partial charge in [0, 0.05) is 42.2 Å². The molecule has 1 saturated heterocycles. The van der Waals surface area contributed by atoms with Gasteiger partial charge in [-0.2, -0.15) is 0 Å². The van der Waals surface area contributed by atoms with Crippen LogP contribution in [0.25, 0.3) is 0 Å². The zero-order valence-corrected chi connectivity index (χ0v) is 12.6. The summed E-state index contributed by atoms with van der Waals surface area (Å²) in [5, 5.41) is 9.00. The summed E-state index contributed by atoms with van der Waals surface area (Å²) < 4.78 is 0. The SMILES string of the molecule is O=C(NCc1nccs1)N1CCC(c2nccs2)CC1. The Bertz CT molecular complexity index is 533. The summed E-state index contributed by atoms with van der Waals surface area (Å²) >= 11 is 3.27. The Morgan fingerprint density at radius 3 is 2.65 bits per heavy atom. The van der Waals surface area contributed by atoms with E-state index in [1.165, 1.54) is 5.01 Å². The van der Waals surface area contributed by atoms with Crippen LogP contribution in [0, 0.1) is 0 Å². The molecule has 1 fully saturated rings. The molecule has 3 heterocycles. The smallest absolute Gasteiger partial charge is 0.317 e. The summed E-state index contributed by atoms with van der Waals surface area (Å²) in [4.78, 5) is 22.5. The maximum absolute atomic E-state index is 12.1. The van der Waals surface area contributed by atoms with Gasteiger partial charge in [-0.1, -0.05) is 0 Å². The molecule has 0 atom stereocenters. The van der Waals surface area contributed by atoms with E-state index in [0.29, 0.717) is 12.5 Å². The van der Waals surface area contributed by atoms with Crippen LogP contribution in [0.2, 0.25) is 0 Å². The summed E-state index contributed by atoms with van der Waals surface area (Å²) in [6.45, 7) is 2.12. The number of carbonyl (C=O) groups is 1. The van der Waals surface area contributed by atoms with Crippen molar-refractivity contribution in [2.24, 2.45) is 0 Å². The van der Waals surface area contributed by atoms with Crippen molar-refractivity contribution in [2.75, 3.05) is 13.1 Å². The lowest BCUT2D eigenvalue weighted by Crippen LogP contribution is -2.43. The minimum Gasteiger partial charge on any atom is -0.331 e. The van der Waals surface area contributed by atoms with E-state index in [9.17, 15) is 4.79 Å². The molecule has 1 N–H and O–H groups in total. The second-order valence-corrected chi connectivity index (χ2v) is 6.62. The monoisotopic (exact) mass is 308 g/mol. The van der Waals surface area contributed by atoms with Gasteiger partial charge in [0.15, 0.2) is 0 Å². The first-order valence-corrected chi connectivity index (χ1v) is 8.39. The molecule has 2 aromatic rings. The van der Waals surface area contributed by atoms with E-state index in [4.69, 9.17) is 0 Å². The van der Waals surface area contributed by atoms with Crippen LogP contribution in [-0.4, -0.2) is 34.0 Å². The first kappa shape index (κ1) is 13.5. The van der Waals surface area contributed by atoms with Crippen molar-refractivity contribution >= 4 is 28.7 Å². The van der Waals surface area contributed by atoms with Gasteiger partial charge in [-0.15, -0.1) is 22.7 Å². The van der Waals surface area contributed by atoms with E-state index in [1.807, 2.05) is 21.9 Å². The average molecular weight is 308 g/mol. The molecule has 0 bridgehead atoms. The second kappa shape index (κ2) is 6.32. The van der Waals surface area contributed by atoms with Gasteiger partial charge >= 0.3 is 6.03 Å². The number of amides is 2. The maximum atomic E-state index is 12.1. The zero-order valence-electron chi connectivity index (χ0n) is 11.0. The number of nitrogens with one attached hydrogen (secondary N) is 1. The van der Waals surface area contributed by atoms with E-state index in [0.717, 1.165) is 30.9 Å². The minimum atomic E-state index is 0.0118. The number of thiazole rings is 2. The number of hydrogen-bond acceptors (Lipinski definition) is 5. The number of hydrogen-bond donors (Lipinski definition) is 1. The first-order chi connectivity index (χ1) is 9.83. The number of likely N-dealkylation sites (tertiary alicyclic amines) is 1. The maximum Gasteiger partial charge on any atom is 0.317 e. The molecule has 0 radical (unpaired) electrons. The third-order valence-electron chi connectivity index (χ3n) is 3.46. The fourth-order valence-electron chi connectivity index (χ4n) is 2.37. The zero-order chi connectivity index (χ0) is 13.8. The highest BCUT2D eigenvalue weighted by Gasteiger charge is 2.24. The lowest BCUT2D eigenvalue weighted by molar-refractivity contribution is 0.181. The Balaban J connectivity index is 1.46. The number of carbonyl (C=O) groups excluding carboxylic acids is 1. The van der Waals surface area contributed by atoms with Gasteiger partial charge in [0.25, 0.3) is 0 Å². The van der Waals surface area contributed by atoms with Gasteiger partial charge < -0.3 is 10.2 Å². The van der Waals surface area contributed by atoms with Crippen molar-refractivity contribution < 1.29 is 4.79 Å². The molecule has 1 aliphatic heterocycles. The molecule has 0 unspecified atom stereocenters. The van der Waals surface area contributed by atoms with Gasteiger partial charge in [-0.05, 0) is 12.8 Å². The first-order valence-electron chi connectivity index (χ1n) is 6.63. The van der Waals surface area contributed by atoms with Gasteiger partial charge in [0.2, 0.25) is 0 Å². The third kappa shape index (κ3) is 3.16. The molecule has 0 aliphatic carbocycles. The summed E-state index contributed by atoms with van der Waals surface area (Å²) in [6.07, 6.45) is 5.61. The van der Waals surface area contributed by atoms with Crippen molar-refractivity contribution in [3.63, 3.8) is 0 Å². The lowest BCUT2D eigenvalue weighted by atomic mass is 9.98. The normalized spacial score (nSPS) is 16.3. The van der Waals surface area contributed by atoms with Crippen LogP contribution in [0.3, 0.4) is 0 Å². The van der Waals surface area contributed by atoms with Crippen molar-refractivity contribution in [1.82, 2.24) is 20.2 Å². The second-order valence-electron chi connectivity index (χ2n) is 4.72.